The van der Waals surface area contributed by atoms with Gasteiger partial charge in [-0.15, -0.1) is 0 Å². The topological polar surface area (TPSA) is 54.4 Å². The minimum absolute atomic E-state index is 0.00893. The minimum Gasteiger partial charge on any atom is -0.444 e. The van der Waals surface area contributed by atoms with Crippen LogP contribution in [0.5, 0.6) is 0 Å². The Morgan fingerprint density at radius 1 is 1.11 bits per heavy atom. The Hall–Kier alpha value is -2.16. The summed E-state index contributed by atoms with van der Waals surface area (Å²) in [4.78, 5) is 21.2. The molecular weight excluding hydrogens is 625 g/mol. The van der Waals surface area contributed by atoms with Gasteiger partial charge in [-0.2, -0.15) is 12.6 Å². The van der Waals surface area contributed by atoms with Crippen molar-refractivity contribution in [2.45, 2.75) is 138 Å². The summed E-state index contributed by atoms with van der Waals surface area (Å²) in [6.45, 7) is 34.1. The van der Waals surface area contributed by atoms with Crippen LogP contribution in [-0.2, 0) is 9.39 Å². The van der Waals surface area contributed by atoms with E-state index in [1.807, 2.05) is 91.5 Å². The lowest BCUT2D eigenvalue weighted by molar-refractivity contribution is 0.00495. The molecule has 9 heteroatoms. The van der Waals surface area contributed by atoms with E-state index in [4.69, 9.17) is 33.6 Å². The maximum absolute atomic E-state index is 12.6. The van der Waals surface area contributed by atoms with E-state index in [-0.39, 0.29) is 16.9 Å². The molecule has 0 N–H and O–H groups in total. The van der Waals surface area contributed by atoms with Crippen molar-refractivity contribution in [1.29, 1.82) is 0 Å². The first-order valence-electron chi connectivity index (χ1n) is 16.9. The van der Waals surface area contributed by atoms with Gasteiger partial charge < -0.3 is 19.2 Å². The van der Waals surface area contributed by atoms with Gasteiger partial charge in [0, 0.05) is 58.6 Å². The molecule has 265 valence electrons. The monoisotopic (exact) mass is 688 g/mol. The number of rotatable bonds is 13. The minimum atomic E-state index is -0.513. The molecule has 1 saturated heterocycles. The molecule has 1 amide bonds. The number of aliphatic imine (C=N–C) groups is 1. The van der Waals surface area contributed by atoms with E-state index in [0.29, 0.717) is 19.6 Å². The van der Waals surface area contributed by atoms with E-state index in [0.717, 1.165) is 40.3 Å². The molecule has 0 bridgehead atoms. The molecule has 6 nitrogen and oxygen atoms in total. The number of carbonyl (C=O) groups is 1. The summed E-state index contributed by atoms with van der Waals surface area (Å²) in [5, 5.41) is 0.815. The highest BCUT2D eigenvalue weighted by molar-refractivity contribution is 7.81. The fourth-order valence-electron chi connectivity index (χ4n) is 4.57. The first-order valence-corrected chi connectivity index (χ1v) is 17.7. The maximum Gasteiger partial charge on any atom is 0.410 e. The normalized spacial score (nSPS) is 18.1. The van der Waals surface area contributed by atoms with E-state index in [1.165, 1.54) is 12.0 Å². The van der Waals surface area contributed by atoms with E-state index < -0.39 is 11.2 Å². The van der Waals surface area contributed by atoms with Crippen LogP contribution in [0.4, 0.5) is 4.79 Å². The Kier molecular flexibility index (Phi) is 20.1. The third kappa shape index (κ3) is 16.7. The Bertz CT molecular complexity index is 1200. The van der Waals surface area contributed by atoms with Crippen molar-refractivity contribution in [3.05, 3.63) is 70.5 Å². The average molecular weight is 689 g/mol. The van der Waals surface area contributed by atoms with E-state index in [9.17, 15) is 4.79 Å². The summed E-state index contributed by atoms with van der Waals surface area (Å²) >= 11 is 10.7. The molecule has 47 heavy (non-hydrogen) atoms. The molecule has 1 heterocycles. The number of halogens is 1. The molecule has 0 saturated carbocycles. The van der Waals surface area contributed by atoms with Crippen molar-refractivity contribution in [2.75, 3.05) is 19.6 Å². The zero-order chi connectivity index (χ0) is 36.6. The molecule has 1 radical (unpaired) electrons. The van der Waals surface area contributed by atoms with Gasteiger partial charge in [-0.25, -0.2) is 4.79 Å². The highest BCUT2D eigenvalue weighted by Gasteiger charge is 2.36. The van der Waals surface area contributed by atoms with Gasteiger partial charge in [-0.05, 0) is 114 Å². The van der Waals surface area contributed by atoms with Gasteiger partial charge >= 0.3 is 13.6 Å². The average Bonchev–Trinajstić information content (AvgIpc) is 2.94. The van der Waals surface area contributed by atoms with Gasteiger partial charge in [-0.1, -0.05) is 62.2 Å². The van der Waals surface area contributed by atoms with Crippen LogP contribution in [0.15, 0.2) is 75.5 Å². The molecule has 0 aromatic heterocycles. The van der Waals surface area contributed by atoms with E-state index in [2.05, 4.69) is 57.2 Å². The molecule has 1 unspecified atom stereocenters. The zero-order valence-corrected chi connectivity index (χ0v) is 33.6. The SMILES string of the molecule is C=CN=C(C)C(/C([B]OC(C)(C)C(C)(C)S)=C\C)=C(\C)N1CCN(C(=O)OC(C)(C)C)C(C)C1.CC/C=C/C=C(Cl)\C=C(/C)CCC. The van der Waals surface area contributed by atoms with Crippen LogP contribution in [0.2, 0.25) is 0 Å². The van der Waals surface area contributed by atoms with Gasteiger partial charge in [0.2, 0.25) is 0 Å². The van der Waals surface area contributed by atoms with Crippen molar-refractivity contribution in [3.8, 4) is 0 Å². The summed E-state index contributed by atoms with van der Waals surface area (Å²) in [5.74, 6) is 0. The number of hydrogen-bond acceptors (Lipinski definition) is 6. The van der Waals surface area contributed by atoms with Gasteiger partial charge in [0.1, 0.15) is 5.60 Å². The third-order valence-corrected chi connectivity index (χ3v) is 8.72. The second-order valence-corrected chi connectivity index (χ2v) is 15.6. The number of nitrogens with zero attached hydrogens (tertiary/aromatic N) is 3. The van der Waals surface area contributed by atoms with E-state index in [1.54, 1.807) is 13.7 Å². The fourth-order valence-corrected chi connectivity index (χ4v) is 4.88. The fraction of sp³-hybridized carbons (Fsp3) is 0.632. The Morgan fingerprint density at radius 3 is 2.19 bits per heavy atom. The van der Waals surface area contributed by atoms with Crippen LogP contribution in [0.3, 0.4) is 0 Å². The quantitative estimate of drug-likeness (QED) is 0.0906. The van der Waals surface area contributed by atoms with Crippen LogP contribution in [0, 0.1) is 0 Å². The second kappa shape index (κ2) is 21.0. The smallest absolute Gasteiger partial charge is 0.410 e. The van der Waals surface area contributed by atoms with Crippen molar-refractivity contribution in [1.82, 2.24) is 9.80 Å². The number of ether oxygens (including phenoxy) is 1. The molecule has 0 aromatic rings. The predicted molar refractivity (Wildman–Crippen MR) is 210 cm³/mol. The Balaban J connectivity index is 0.00000137. The maximum atomic E-state index is 12.6. The molecule has 0 spiro atoms. The first-order chi connectivity index (χ1) is 21.6. The molecule has 0 aromatic carbocycles. The summed E-state index contributed by atoms with van der Waals surface area (Å²) in [6, 6.07) is 0.00893. The third-order valence-electron chi connectivity index (χ3n) is 7.95. The number of hydrogen-bond donors (Lipinski definition) is 1. The van der Waals surface area contributed by atoms with Crippen LogP contribution in [0.1, 0.15) is 116 Å². The molecule has 1 atom stereocenters. The molecule has 1 aliphatic heterocycles. The lowest BCUT2D eigenvalue weighted by Gasteiger charge is -2.42. The zero-order valence-electron chi connectivity index (χ0n) is 32.0. The standard InChI is InChI=1S/C26H45BN3O3S.C12H19Cl/c1-13-21(27-33-25(9,10)26(11,12)34)22(19(4)28-14-2)20(5)29-15-16-30(18(3)17-29)23(31)32-24(6,7)8;1-4-6-7-9-12(13)10-11(3)8-5-2/h13-14,18,34H,2,15-17H2,1,3-12H3;6-7,9-10H,4-5,8H2,1-3H3/b21-13+,22-20-,28-19?;7-6+,11-10+,12-9+. The van der Waals surface area contributed by atoms with Crippen LogP contribution in [-0.4, -0.2) is 70.7 Å². The number of carbonyl (C=O) groups excluding carboxylic acids is 1. The number of thiol groups is 1. The highest BCUT2D eigenvalue weighted by Crippen LogP contribution is 2.32. The van der Waals surface area contributed by atoms with Gasteiger partial charge in [0.15, 0.2) is 0 Å². The van der Waals surface area contributed by atoms with Crippen molar-refractivity contribution in [3.63, 3.8) is 0 Å². The first kappa shape index (κ1) is 44.8. The summed E-state index contributed by atoms with van der Waals surface area (Å²) < 4.78 is 11.5. The van der Waals surface area contributed by atoms with Gasteiger partial charge in [-0.3, -0.25) is 4.99 Å². The summed E-state index contributed by atoms with van der Waals surface area (Å²) in [5.41, 5.74) is 4.21. The molecule has 1 rings (SSSR count). The van der Waals surface area contributed by atoms with Crippen molar-refractivity contribution >= 4 is 43.5 Å². The summed E-state index contributed by atoms with van der Waals surface area (Å²) in [6.07, 6.45) is 14.7. The largest absolute Gasteiger partial charge is 0.444 e. The summed E-state index contributed by atoms with van der Waals surface area (Å²) in [7, 11) is 1.80. The van der Waals surface area contributed by atoms with Crippen LogP contribution < -0.4 is 0 Å². The van der Waals surface area contributed by atoms with Crippen LogP contribution in [0.25, 0.3) is 0 Å². The van der Waals surface area contributed by atoms with E-state index >= 15 is 0 Å². The lowest BCUT2D eigenvalue weighted by Crippen LogP contribution is -2.54. The molecular formula is C38H64BClN3O3S. The van der Waals surface area contributed by atoms with Gasteiger partial charge in [0.25, 0.3) is 0 Å². The van der Waals surface area contributed by atoms with Crippen molar-refractivity contribution < 1.29 is 14.2 Å². The second-order valence-electron chi connectivity index (χ2n) is 14.0. The predicted octanol–water partition coefficient (Wildman–Crippen LogP) is 10.7. The Morgan fingerprint density at radius 2 is 1.72 bits per heavy atom. The van der Waals surface area contributed by atoms with Crippen molar-refractivity contribution in [2.24, 2.45) is 4.99 Å². The van der Waals surface area contributed by atoms with Crippen LogP contribution >= 0.6 is 24.2 Å². The number of allylic oxidation sites excluding steroid dienone is 10. The van der Waals surface area contributed by atoms with Gasteiger partial charge in [0.05, 0.1) is 5.60 Å². The Labute approximate surface area is 299 Å². The number of amides is 1. The number of piperazine rings is 1. The molecule has 1 aliphatic rings. The lowest BCUT2D eigenvalue weighted by atomic mass is 9.76. The molecule has 0 aliphatic carbocycles. The molecule has 1 fully saturated rings. The highest BCUT2D eigenvalue weighted by atomic mass is 35.5.